The molecule has 38 heavy (non-hydrogen) atoms. The predicted molar refractivity (Wildman–Crippen MR) is 140 cm³/mol. The van der Waals surface area contributed by atoms with Gasteiger partial charge >= 0.3 is 0 Å². The zero-order valence-corrected chi connectivity index (χ0v) is 21.7. The fourth-order valence-electron chi connectivity index (χ4n) is 5.43. The van der Waals surface area contributed by atoms with E-state index < -0.39 is 11.7 Å². The maximum absolute atomic E-state index is 13.7. The summed E-state index contributed by atoms with van der Waals surface area (Å²) >= 11 is 0. The van der Waals surface area contributed by atoms with Gasteiger partial charge in [0.2, 0.25) is 18.1 Å². The number of carbonyl (C=O) groups is 1. The number of piperidine rings is 1. The summed E-state index contributed by atoms with van der Waals surface area (Å²) in [5.41, 5.74) is 1.99. The van der Waals surface area contributed by atoms with Crippen LogP contribution >= 0.6 is 0 Å². The van der Waals surface area contributed by atoms with Crippen LogP contribution in [0.5, 0.6) is 0 Å². The van der Waals surface area contributed by atoms with Crippen molar-refractivity contribution < 1.29 is 18.7 Å². The Morgan fingerprint density at radius 2 is 1.66 bits per heavy atom. The number of halogens is 1. The van der Waals surface area contributed by atoms with E-state index in [0.29, 0.717) is 28.9 Å². The molecule has 3 aliphatic rings. The summed E-state index contributed by atoms with van der Waals surface area (Å²) in [6.07, 6.45) is 6.47. The van der Waals surface area contributed by atoms with E-state index >= 15 is 0 Å². The summed E-state index contributed by atoms with van der Waals surface area (Å²) in [6, 6.07) is 8.04. The molecule has 0 spiro atoms. The lowest BCUT2D eigenvalue weighted by molar-refractivity contribution is -0.234. The Balaban J connectivity index is 1.28. The topological polar surface area (TPSA) is 96.5 Å². The van der Waals surface area contributed by atoms with Crippen LogP contribution in [0.3, 0.4) is 0 Å². The van der Waals surface area contributed by atoms with Gasteiger partial charge in [-0.1, -0.05) is 0 Å². The number of aromatic nitrogens is 4. The molecule has 9 nitrogen and oxygen atoms in total. The molecule has 0 radical (unpaired) electrons. The van der Waals surface area contributed by atoms with Crippen molar-refractivity contribution in [2.75, 3.05) is 44.3 Å². The minimum absolute atomic E-state index is 0.0817. The second-order valence-corrected chi connectivity index (χ2v) is 10.7. The quantitative estimate of drug-likeness (QED) is 0.535. The van der Waals surface area contributed by atoms with E-state index in [1.54, 1.807) is 18.3 Å². The molecule has 1 amide bonds. The maximum Gasteiger partial charge on any atom is 0.233 e. The standard InChI is InChI=1S/C28H33FN6O3/c1-28(26(36)34-13-3-2-4-14-34)17-37-25(38-18-28)24-32-22(19-7-9-20(29)10-8-19)23(33-24)21-11-12-30-27(31-21)35-15-5-6-16-35/h7-12,25H,2-6,13-18H2,1H3,(H,32,33). The fraction of sp³-hybridized carbons (Fsp3) is 0.500. The van der Waals surface area contributed by atoms with Crippen LogP contribution < -0.4 is 4.90 Å². The van der Waals surface area contributed by atoms with E-state index in [-0.39, 0.29) is 24.9 Å². The Morgan fingerprint density at radius 1 is 0.974 bits per heavy atom. The van der Waals surface area contributed by atoms with Crippen molar-refractivity contribution in [3.63, 3.8) is 0 Å². The number of anilines is 1. The lowest BCUT2D eigenvalue weighted by Crippen LogP contribution is -2.51. The van der Waals surface area contributed by atoms with Gasteiger partial charge in [-0.05, 0) is 69.4 Å². The molecular formula is C28H33FN6O3. The number of likely N-dealkylation sites (tertiary alicyclic amines) is 1. The predicted octanol–water partition coefficient (Wildman–Crippen LogP) is 4.34. The van der Waals surface area contributed by atoms with Crippen molar-refractivity contribution in [3.8, 4) is 22.6 Å². The monoisotopic (exact) mass is 520 g/mol. The Kier molecular flexibility index (Phi) is 6.84. The summed E-state index contributed by atoms with van der Waals surface area (Å²) in [5.74, 6) is 0.922. The number of H-pyrrole nitrogens is 1. The van der Waals surface area contributed by atoms with Crippen LogP contribution in [0.1, 0.15) is 51.1 Å². The molecule has 200 valence electrons. The zero-order valence-electron chi connectivity index (χ0n) is 21.7. The number of rotatable bonds is 5. The molecule has 6 rings (SSSR count). The van der Waals surface area contributed by atoms with Crippen LogP contribution in [0, 0.1) is 11.2 Å². The van der Waals surface area contributed by atoms with E-state index in [9.17, 15) is 9.18 Å². The second-order valence-electron chi connectivity index (χ2n) is 10.7. The molecule has 3 aliphatic heterocycles. The molecule has 0 bridgehead atoms. The highest BCUT2D eigenvalue weighted by Crippen LogP contribution is 2.36. The molecule has 3 fully saturated rings. The molecule has 1 N–H and O–H groups in total. The number of imidazole rings is 1. The number of amides is 1. The SMILES string of the molecule is CC1(C(=O)N2CCCCC2)COC(c2nc(-c3ccc(F)cc3)c(-c3ccnc(N4CCCC4)n3)[nH]2)OC1. The Labute approximate surface area is 221 Å². The molecule has 2 aromatic heterocycles. The minimum atomic E-state index is -0.759. The molecular weight excluding hydrogens is 487 g/mol. The number of nitrogens with zero attached hydrogens (tertiary/aromatic N) is 5. The molecule has 1 aromatic carbocycles. The van der Waals surface area contributed by atoms with Gasteiger partial charge in [0.25, 0.3) is 0 Å². The molecule has 0 aliphatic carbocycles. The van der Waals surface area contributed by atoms with Gasteiger partial charge in [0.15, 0.2) is 5.82 Å². The molecule has 0 unspecified atom stereocenters. The third-order valence-corrected chi connectivity index (χ3v) is 7.62. The molecule has 3 saturated heterocycles. The number of carbonyl (C=O) groups excluding carboxylic acids is 1. The van der Waals surface area contributed by atoms with Gasteiger partial charge in [-0.15, -0.1) is 0 Å². The number of hydrogen-bond donors (Lipinski definition) is 1. The molecule has 0 atom stereocenters. The van der Waals surface area contributed by atoms with Crippen LogP contribution in [0.15, 0.2) is 36.5 Å². The summed E-state index contributed by atoms with van der Waals surface area (Å²) in [5, 5.41) is 0. The summed E-state index contributed by atoms with van der Waals surface area (Å²) in [6.45, 7) is 5.82. The van der Waals surface area contributed by atoms with Gasteiger partial charge in [0.05, 0.1) is 35.7 Å². The van der Waals surface area contributed by atoms with Gasteiger partial charge in [0.1, 0.15) is 5.82 Å². The number of hydrogen-bond acceptors (Lipinski definition) is 7. The summed E-state index contributed by atoms with van der Waals surface area (Å²) in [4.78, 5) is 34.8. The zero-order chi connectivity index (χ0) is 26.1. The minimum Gasteiger partial charge on any atom is -0.345 e. The number of nitrogens with one attached hydrogen (secondary N) is 1. The van der Waals surface area contributed by atoms with Crippen molar-refractivity contribution in [1.29, 1.82) is 0 Å². The summed E-state index contributed by atoms with van der Waals surface area (Å²) < 4.78 is 25.9. The van der Waals surface area contributed by atoms with E-state index in [1.165, 1.54) is 18.6 Å². The van der Waals surface area contributed by atoms with E-state index in [4.69, 9.17) is 19.4 Å². The highest BCUT2D eigenvalue weighted by Gasteiger charge is 2.43. The van der Waals surface area contributed by atoms with E-state index in [0.717, 1.165) is 57.4 Å². The first-order valence-electron chi connectivity index (χ1n) is 13.5. The van der Waals surface area contributed by atoms with Crippen LogP contribution in [-0.2, 0) is 14.3 Å². The first-order valence-corrected chi connectivity index (χ1v) is 13.5. The Hall–Kier alpha value is -3.37. The van der Waals surface area contributed by atoms with Crippen molar-refractivity contribution >= 4 is 11.9 Å². The Bertz CT molecular complexity index is 1280. The smallest absolute Gasteiger partial charge is 0.233 e. The van der Waals surface area contributed by atoms with Crippen molar-refractivity contribution in [2.45, 2.75) is 45.3 Å². The lowest BCUT2D eigenvalue weighted by Gasteiger charge is -2.40. The normalized spacial score (nSPS) is 24.1. The average molecular weight is 521 g/mol. The third kappa shape index (κ3) is 4.90. The summed E-state index contributed by atoms with van der Waals surface area (Å²) in [7, 11) is 0. The van der Waals surface area contributed by atoms with Crippen LogP contribution in [0.25, 0.3) is 22.6 Å². The first-order chi connectivity index (χ1) is 18.5. The van der Waals surface area contributed by atoms with Gasteiger partial charge in [-0.2, -0.15) is 0 Å². The van der Waals surface area contributed by atoms with Gasteiger partial charge in [-0.25, -0.2) is 19.3 Å². The van der Waals surface area contributed by atoms with Crippen molar-refractivity contribution in [3.05, 3.63) is 48.2 Å². The third-order valence-electron chi connectivity index (χ3n) is 7.62. The Morgan fingerprint density at radius 3 is 2.37 bits per heavy atom. The van der Waals surface area contributed by atoms with Gasteiger partial charge in [0, 0.05) is 37.9 Å². The first kappa shape index (κ1) is 24.9. The van der Waals surface area contributed by atoms with E-state index in [2.05, 4.69) is 14.9 Å². The highest BCUT2D eigenvalue weighted by atomic mass is 19.1. The average Bonchev–Trinajstić information content (AvgIpc) is 3.65. The number of benzene rings is 1. The second kappa shape index (κ2) is 10.4. The van der Waals surface area contributed by atoms with Gasteiger partial charge < -0.3 is 24.3 Å². The maximum atomic E-state index is 13.7. The van der Waals surface area contributed by atoms with Crippen LogP contribution in [-0.4, -0.2) is 70.1 Å². The van der Waals surface area contributed by atoms with Gasteiger partial charge in [-0.3, -0.25) is 4.79 Å². The largest absolute Gasteiger partial charge is 0.345 e. The number of aromatic amines is 1. The van der Waals surface area contributed by atoms with Crippen LogP contribution in [0.4, 0.5) is 10.3 Å². The van der Waals surface area contributed by atoms with Crippen molar-refractivity contribution in [2.24, 2.45) is 5.41 Å². The molecule has 3 aromatic rings. The molecule has 10 heteroatoms. The lowest BCUT2D eigenvalue weighted by atomic mass is 9.89. The molecule has 5 heterocycles. The van der Waals surface area contributed by atoms with E-state index in [1.807, 2.05) is 17.9 Å². The van der Waals surface area contributed by atoms with Crippen molar-refractivity contribution in [1.82, 2.24) is 24.8 Å². The van der Waals surface area contributed by atoms with Crippen LogP contribution in [0.2, 0.25) is 0 Å². The molecule has 0 saturated carbocycles. The fourth-order valence-corrected chi connectivity index (χ4v) is 5.43. The number of ether oxygens (including phenoxy) is 2. The highest BCUT2D eigenvalue weighted by molar-refractivity contribution is 5.83.